The van der Waals surface area contributed by atoms with Crippen molar-refractivity contribution >= 4 is 16.8 Å². The van der Waals surface area contributed by atoms with Crippen molar-refractivity contribution in [3.63, 3.8) is 0 Å². The average molecular weight is 370 g/mol. The van der Waals surface area contributed by atoms with E-state index in [9.17, 15) is 4.79 Å². The van der Waals surface area contributed by atoms with Gasteiger partial charge in [0.25, 0.3) is 5.91 Å². The molecule has 1 aliphatic heterocycles. The summed E-state index contributed by atoms with van der Waals surface area (Å²) in [6.45, 7) is 5.55. The summed E-state index contributed by atoms with van der Waals surface area (Å²) in [5.41, 5.74) is 6.03. The number of hydrogen-bond donors (Lipinski definition) is 1. The largest absolute Gasteiger partial charge is 0.350 e. The first-order valence-corrected chi connectivity index (χ1v) is 9.58. The number of fused-ring (bicyclic) bond motifs is 2. The van der Waals surface area contributed by atoms with Crippen LogP contribution in [0.2, 0.25) is 0 Å². The van der Waals surface area contributed by atoms with Gasteiger partial charge in [-0.05, 0) is 55.3 Å². The highest BCUT2D eigenvalue weighted by atomic mass is 16.2. The first kappa shape index (κ1) is 16.8. The Morgan fingerprint density at radius 3 is 2.86 bits per heavy atom. The van der Waals surface area contributed by atoms with E-state index < -0.39 is 0 Å². The minimum Gasteiger partial charge on any atom is -0.350 e. The third kappa shape index (κ3) is 2.54. The van der Waals surface area contributed by atoms with Crippen molar-refractivity contribution in [3.05, 3.63) is 89.1 Å². The fourth-order valence-electron chi connectivity index (χ4n) is 4.29. The summed E-state index contributed by atoms with van der Waals surface area (Å²) in [4.78, 5) is 23.3. The second kappa shape index (κ2) is 6.37. The number of pyridine rings is 1. The number of hydrogen-bond acceptors (Lipinski definition) is 2. The number of aromatic amines is 1. The van der Waals surface area contributed by atoms with Gasteiger partial charge in [0.05, 0.1) is 6.04 Å². The van der Waals surface area contributed by atoms with E-state index in [0.717, 1.165) is 34.3 Å². The third-order valence-corrected chi connectivity index (χ3v) is 5.73. The molecule has 0 unspecified atom stereocenters. The molecule has 0 spiro atoms. The van der Waals surface area contributed by atoms with E-state index in [1.54, 1.807) is 6.20 Å². The van der Waals surface area contributed by atoms with Gasteiger partial charge in [0.15, 0.2) is 0 Å². The van der Waals surface area contributed by atoms with E-state index in [-0.39, 0.29) is 11.9 Å². The van der Waals surface area contributed by atoms with Crippen LogP contribution in [-0.2, 0) is 6.54 Å². The lowest BCUT2D eigenvalue weighted by Crippen LogP contribution is -2.42. The number of aryl methyl sites for hydroxylation is 2. The van der Waals surface area contributed by atoms with Crippen molar-refractivity contribution in [3.8, 4) is 0 Å². The second-order valence-electron chi connectivity index (χ2n) is 7.49. The lowest BCUT2D eigenvalue weighted by Gasteiger charge is -2.37. The summed E-state index contributed by atoms with van der Waals surface area (Å²) in [6.07, 6.45) is 5.70. The molecule has 0 saturated carbocycles. The van der Waals surface area contributed by atoms with Gasteiger partial charge in [-0.3, -0.25) is 9.78 Å². The number of nitrogens with one attached hydrogen (secondary N) is 1. The molecule has 0 radical (unpaired) electrons. The SMILES string of the molecule is Cc1ccc2[nH]c(C(=O)N3CCn4cccc4[C@H]3c3cccnc3)c(C)c2c1. The number of nitrogens with zero attached hydrogens (tertiary/aromatic N) is 3. The van der Waals surface area contributed by atoms with Gasteiger partial charge in [-0.2, -0.15) is 0 Å². The van der Waals surface area contributed by atoms with Crippen molar-refractivity contribution in [1.82, 2.24) is 19.4 Å². The Hall–Kier alpha value is -3.34. The number of rotatable bonds is 2. The topological polar surface area (TPSA) is 53.9 Å². The molecule has 3 aromatic heterocycles. The number of aromatic nitrogens is 3. The first-order chi connectivity index (χ1) is 13.6. The maximum Gasteiger partial charge on any atom is 0.271 e. The van der Waals surface area contributed by atoms with Gasteiger partial charge in [-0.1, -0.05) is 17.7 Å². The molecule has 0 fully saturated rings. The molecule has 5 nitrogen and oxygen atoms in total. The Morgan fingerprint density at radius 1 is 1.14 bits per heavy atom. The average Bonchev–Trinajstić information content (AvgIpc) is 3.32. The molecule has 0 bridgehead atoms. The van der Waals surface area contributed by atoms with Crippen LogP contribution in [-0.4, -0.2) is 31.9 Å². The Kier molecular flexibility index (Phi) is 3.83. The highest BCUT2D eigenvalue weighted by molar-refractivity contribution is 6.01. The van der Waals surface area contributed by atoms with Gasteiger partial charge in [-0.15, -0.1) is 0 Å². The van der Waals surface area contributed by atoms with Gasteiger partial charge >= 0.3 is 0 Å². The fraction of sp³-hybridized carbons (Fsp3) is 0.217. The quantitative estimate of drug-likeness (QED) is 0.574. The van der Waals surface area contributed by atoms with E-state index in [0.29, 0.717) is 12.2 Å². The van der Waals surface area contributed by atoms with Crippen LogP contribution < -0.4 is 0 Å². The maximum atomic E-state index is 13.7. The maximum absolute atomic E-state index is 13.7. The van der Waals surface area contributed by atoms with E-state index in [1.807, 2.05) is 36.2 Å². The summed E-state index contributed by atoms with van der Waals surface area (Å²) in [5.74, 6) is 0.0349. The Labute approximate surface area is 163 Å². The van der Waals surface area contributed by atoms with Gasteiger partial charge in [-0.25, -0.2) is 0 Å². The van der Waals surface area contributed by atoms with Crippen LogP contribution in [0.15, 0.2) is 61.1 Å². The molecular formula is C23H22N4O. The predicted octanol–water partition coefficient (Wildman–Crippen LogP) is 4.23. The van der Waals surface area contributed by atoms with E-state index in [1.165, 1.54) is 5.56 Å². The van der Waals surface area contributed by atoms with Crippen molar-refractivity contribution in [2.45, 2.75) is 26.4 Å². The molecule has 4 heterocycles. The summed E-state index contributed by atoms with van der Waals surface area (Å²) in [5, 5.41) is 1.11. The summed E-state index contributed by atoms with van der Waals surface area (Å²) < 4.78 is 2.23. The van der Waals surface area contributed by atoms with E-state index in [4.69, 9.17) is 0 Å². The minimum absolute atomic E-state index is 0.0349. The van der Waals surface area contributed by atoms with Crippen molar-refractivity contribution in [2.24, 2.45) is 0 Å². The number of amides is 1. The molecule has 1 N–H and O–H groups in total. The van der Waals surface area contributed by atoms with Crippen LogP contribution in [0.1, 0.15) is 38.9 Å². The monoisotopic (exact) mass is 370 g/mol. The summed E-state index contributed by atoms with van der Waals surface area (Å²) in [7, 11) is 0. The van der Waals surface area contributed by atoms with Crippen LogP contribution in [0.4, 0.5) is 0 Å². The first-order valence-electron chi connectivity index (χ1n) is 9.58. The van der Waals surface area contributed by atoms with Crippen LogP contribution in [0, 0.1) is 13.8 Å². The van der Waals surface area contributed by atoms with E-state index in [2.05, 4.69) is 51.9 Å². The van der Waals surface area contributed by atoms with Crippen LogP contribution in [0.5, 0.6) is 0 Å². The molecule has 0 aliphatic carbocycles. The van der Waals surface area contributed by atoms with Crippen molar-refractivity contribution in [1.29, 1.82) is 0 Å². The van der Waals surface area contributed by atoms with Crippen LogP contribution in [0.3, 0.4) is 0 Å². The Balaban J connectivity index is 1.61. The molecule has 140 valence electrons. The van der Waals surface area contributed by atoms with Crippen molar-refractivity contribution in [2.75, 3.05) is 6.54 Å². The zero-order chi connectivity index (χ0) is 19.3. The van der Waals surface area contributed by atoms with Crippen LogP contribution in [0.25, 0.3) is 10.9 Å². The zero-order valence-electron chi connectivity index (χ0n) is 16.0. The predicted molar refractivity (Wildman–Crippen MR) is 109 cm³/mol. The zero-order valence-corrected chi connectivity index (χ0v) is 16.0. The molecule has 0 saturated heterocycles. The normalized spacial score (nSPS) is 16.4. The molecule has 5 heteroatoms. The lowest BCUT2D eigenvalue weighted by atomic mass is 10.0. The molecule has 28 heavy (non-hydrogen) atoms. The fourth-order valence-corrected chi connectivity index (χ4v) is 4.29. The molecule has 1 aliphatic rings. The Bertz CT molecular complexity index is 1170. The van der Waals surface area contributed by atoms with E-state index >= 15 is 0 Å². The van der Waals surface area contributed by atoms with Gasteiger partial charge in [0.2, 0.25) is 0 Å². The molecule has 4 aromatic rings. The van der Waals surface area contributed by atoms with Gasteiger partial charge < -0.3 is 14.5 Å². The van der Waals surface area contributed by atoms with Gasteiger partial charge in [0, 0.05) is 48.3 Å². The molecule has 5 rings (SSSR count). The molecular weight excluding hydrogens is 348 g/mol. The van der Waals surface area contributed by atoms with Gasteiger partial charge in [0.1, 0.15) is 5.69 Å². The molecule has 1 amide bonds. The van der Waals surface area contributed by atoms with Crippen LogP contribution >= 0.6 is 0 Å². The highest BCUT2D eigenvalue weighted by Gasteiger charge is 2.34. The summed E-state index contributed by atoms with van der Waals surface area (Å²) >= 11 is 0. The minimum atomic E-state index is -0.141. The lowest BCUT2D eigenvalue weighted by molar-refractivity contribution is 0.0658. The number of carbonyl (C=O) groups excluding carboxylic acids is 1. The standard InChI is InChI=1S/C23H22N4O/c1-15-7-8-19-18(13-15)16(2)21(25-19)23(28)27-12-11-26-10-4-6-20(26)22(27)17-5-3-9-24-14-17/h3-10,13-14,22,25H,11-12H2,1-2H3/t22-/m1/s1. The second-order valence-corrected chi connectivity index (χ2v) is 7.49. The highest BCUT2D eigenvalue weighted by Crippen LogP contribution is 2.34. The molecule has 1 aromatic carbocycles. The molecule has 1 atom stereocenters. The van der Waals surface area contributed by atoms with Crippen molar-refractivity contribution < 1.29 is 4.79 Å². The number of benzene rings is 1. The Morgan fingerprint density at radius 2 is 2.04 bits per heavy atom. The number of H-pyrrole nitrogens is 1. The summed E-state index contributed by atoms with van der Waals surface area (Å²) in [6, 6.07) is 14.2. The number of carbonyl (C=O) groups is 1. The third-order valence-electron chi connectivity index (χ3n) is 5.73. The smallest absolute Gasteiger partial charge is 0.271 e.